The Bertz CT molecular complexity index is 1120. The van der Waals surface area contributed by atoms with Crippen LogP contribution in [0.5, 0.6) is 11.5 Å². The number of rotatable bonds is 7. The number of benzene rings is 2. The van der Waals surface area contributed by atoms with Gasteiger partial charge in [0, 0.05) is 14.7 Å². The van der Waals surface area contributed by atoms with E-state index < -0.39 is 0 Å². The normalized spacial score (nSPS) is 14.7. The first-order valence-corrected chi connectivity index (χ1v) is 16.6. The number of carbonyl (C=O) groups excluding carboxylic acids is 2. The van der Waals surface area contributed by atoms with Crippen LogP contribution in [0.25, 0.3) is 0 Å². The molecule has 0 aliphatic heterocycles. The Kier molecular flexibility index (Phi) is 20.8. The van der Waals surface area contributed by atoms with Gasteiger partial charge >= 0.3 is 19.5 Å². The van der Waals surface area contributed by atoms with Gasteiger partial charge in [-0.2, -0.15) is 12.8 Å². The SMILES string of the molecule is CC(=O)c1cc(OC(C)C)c(C)cc1C1CCCCC1.CC(=O)c1cc(OC(C)C)c(C)cc1I.[CH-]1CCCCC1.[CH3-].[Zn+2]. The molecule has 236 valence electrons. The number of halogens is 1. The van der Waals surface area contributed by atoms with Crippen LogP contribution in [-0.4, -0.2) is 23.8 Å². The summed E-state index contributed by atoms with van der Waals surface area (Å²) in [5.74, 6) is 2.43. The van der Waals surface area contributed by atoms with Crippen molar-refractivity contribution in [3.8, 4) is 11.5 Å². The zero-order valence-corrected chi connectivity index (χ0v) is 33.5. The predicted molar refractivity (Wildman–Crippen MR) is 186 cm³/mol. The van der Waals surface area contributed by atoms with Crippen molar-refractivity contribution in [2.45, 2.75) is 138 Å². The Morgan fingerprint density at radius 3 is 1.58 bits per heavy atom. The van der Waals surface area contributed by atoms with Gasteiger partial charge in [-0.05, 0) is 132 Å². The Hall–Kier alpha value is -1.27. The molecular formula is C37H55IO4Zn. The smallest absolute Gasteiger partial charge is 0.491 e. The number of Topliss-reactive ketones (excluding diaryl/α,β-unsaturated/α-hetero) is 2. The van der Waals surface area contributed by atoms with E-state index in [1.165, 1.54) is 69.8 Å². The first kappa shape index (κ1) is 41.7. The molecular weight excluding hydrogens is 701 g/mol. The minimum absolute atomic E-state index is 0. The fourth-order valence-electron chi connectivity index (χ4n) is 5.35. The van der Waals surface area contributed by atoms with E-state index in [-0.39, 0.29) is 50.7 Å². The van der Waals surface area contributed by atoms with Gasteiger partial charge in [0.2, 0.25) is 0 Å². The Morgan fingerprint density at radius 2 is 1.19 bits per heavy atom. The molecule has 0 amide bonds. The van der Waals surface area contributed by atoms with Crippen LogP contribution in [0.3, 0.4) is 0 Å². The summed E-state index contributed by atoms with van der Waals surface area (Å²) in [7, 11) is 0. The van der Waals surface area contributed by atoms with Gasteiger partial charge in [0.1, 0.15) is 11.5 Å². The van der Waals surface area contributed by atoms with E-state index in [1.807, 2.05) is 52.8 Å². The minimum atomic E-state index is 0. The van der Waals surface area contributed by atoms with Gasteiger partial charge in [-0.3, -0.25) is 9.59 Å². The molecule has 2 aromatic rings. The average Bonchev–Trinajstić information content (AvgIpc) is 2.92. The zero-order chi connectivity index (χ0) is 30.5. The van der Waals surface area contributed by atoms with Crippen molar-refractivity contribution in [3.05, 3.63) is 69.5 Å². The first-order valence-electron chi connectivity index (χ1n) is 15.5. The number of hydrogen-bond donors (Lipinski definition) is 0. The van der Waals surface area contributed by atoms with Gasteiger partial charge in [-0.15, -0.1) is 0 Å². The van der Waals surface area contributed by atoms with Crippen LogP contribution in [0.4, 0.5) is 0 Å². The Balaban J connectivity index is 0.000000677. The van der Waals surface area contributed by atoms with Gasteiger partial charge < -0.3 is 23.3 Å². The summed E-state index contributed by atoms with van der Waals surface area (Å²) in [6, 6.07) is 7.96. The van der Waals surface area contributed by atoms with E-state index in [9.17, 15) is 9.59 Å². The number of aryl methyl sites for hydroxylation is 2. The maximum Gasteiger partial charge on any atom is 2.00 e. The molecule has 2 aliphatic carbocycles. The summed E-state index contributed by atoms with van der Waals surface area (Å²) >= 11 is 2.18. The second-order valence-electron chi connectivity index (χ2n) is 12.0. The molecule has 2 saturated carbocycles. The van der Waals surface area contributed by atoms with E-state index in [0.717, 1.165) is 37.3 Å². The molecule has 4 nitrogen and oxygen atoms in total. The van der Waals surface area contributed by atoms with Gasteiger partial charge in [-0.25, -0.2) is 0 Å². The van der Waals surface area contributed by atoms with Gasteiger partial charge in [0.25, 0.3) is 0 Å². The van der Waals surface area contributed by atoms with Crippen LogP contribution in [-0.2, 0) is 19.5 Å². The fourth-order valence-corrected chi connectivity index (χ4v) is 6.35. The molecule has 4 rings (SSSR count). The summed E-state index contributed by atoms with van der Waals surface area (Å²) in [5, 5.41) is 0. The van der Waals surface area contributed by atoms with E-state index in [2.05, 4.69) is 42.0 Å². The Labute approximate surface area is 289 Å². The van der Waals surface area contributed by atoms with Crippen molar-refractivity contribution in [2.75, 3.05) is 0 Å². The third-order valence-corrected chi connectivity index (χ3v) is 8.35. The summed E-state index contributed by atoms with van der Waals surface area (Å²) in [5.41, 5.74) is 5.04. The van der Waals surface area contributed by atoms with Crippen molar-refractivity contribution in [1.29, 1.82) is 0 Å². The van der Waals surface area contributed by atoms with Crippen molar-refractivity contribution >= 4 is 34.2 Å². The van der Waals surface area contributed by atoms with Gasteiger partial charge in [0.05, 0.1) is 12.2 Å². The van der Waals surface area contributed by atoms with Crippen molar-refractivity contribution < 1.29 is 38.5 Å². The standard InChI is InChI=1S/C18H26O2.C12H15IO2.C6H11.CH3.Zn/c1-12(2)20-18-11-16(14(4)19)17(10-13(18)3)15-8-6-5-7-9-15;1-7(2)15-12-6-10(9(4)14)11(13)5-8(12)3;1-2-4-6-5-3-1;;/h10-12,15H,5-9H2,1-4H3;5-7H,1-4H3;1H,2-6H2;1H3;/q;;2*-1;+2. The van der Waals surface area contributed by atoms with E-state index in [1.54, 1.807) is 13.8 Å². The molecule has 0 atom stereocenters. The Morgan fingerprint density at radius 1 is 0.744 bits per heavy atom. The monoisotopic (exact) mass is 754 g/mol. The summed E-state index contributed by atoms with van der Waals surface area (Å²) in [6.45, 7) is 15.3. The fraction of sp³-hybridized carbons (Fsp3) is 0.568. The molecule has 0 radical (unpaired) electrons. The number of ether oxygens (including phenoxy) is 2. The predicted octanol–water partition coefficient (Wildman–Crippen LogP) is 11.2. The quantitative estimate of drug-likeness (QED) is 0.122. The molecule has 0 N–H and O–H groups in total. The van der Waals surface area contributed by atoms with Gasteiger partial charge in [-0.1, -0.05) is 44.6 Å². The summed E-state index contributed by atoms with van der Waals surface area (Å²) in [6.07, 6.45) is 16.1. The summed E-state index contributed by atoms with van der Waals surface area (Å²) < 4.78 is 12.4. The maximum atomic E-state index is 12.0. The van der Waals surface area contributed by atoms with Crippen LogP contribution < -0.4 is 9.47 Å². The number of hydrogen-bond acceptors (Lipinski definition) is 4. The molecule has 2 aromatic carbocycles. The molecule has 0 aromatic heterocycles. The number of carbonyl (C=O) groups is 2. The van der Waals surface area contributed by atoms with Crippen LogP contribution in [0, 0.1) is 31.3 Å². The zero-order valence-electron chi connectivity index (χ0n) is 28.4. The third-order valence-electron chi connectivity index (χ3n) is 7.46. The van der Waals surface area contributed by atoms with Crippen LogP contribution >= 0.6 is 22.6 Å². The molecule has 2 fully saturated rings. The first-order chi connectivity index (χ1) is 19.4. The van der Waals surface area contributed by atoms with Gasteiger partial charge in [0.15, 0.2) is 11.6 Å². The molecule has 0 spiro atoms. The molecule has 0 heterocycles. The largest absolute Gasteiger partial charge is 2.00 e. The topological polar surface area (TPSA) is 52.6 Å². The average molecular weight is 756 g/mol. The summed E-state index contributed by atoms with van der Waals surface area (Å²) in [4.78, 5) is 23.4. The second kappa shape index (κ2) is 21.5. The van der Waals surface area contributed by atoms with Crippen molar-refractivity contribution in [2.24, 2.45) is 0 Å². The van der Waals surface area contributed by atoms with Crippen LogP contribution in [0.15, 0.2) is 24.3 Å². The van der Waals surface area contributed by atoms with E-state index in [0.29, 0.717) is 5.92 Å². The van der Waals surface area contributed by atoms with Crippen molar-refractivity contribution in [3.63, 3.8) is 0 Å². The molecule has 0 bridgehead atoms. The molecule has 0 unspecified atom stereocenters. The molecule has 43 heavy (non-hydrogen) atoms. The van der Waals surface area contributed by atoms with E-state index >= 15 is 0 Å². The molecule has 2 aliphatic rings. The molecule has 0 saturated heterocycles. The maximum absolute atomic E-state index is 12.0. The number of ketones is 2. The van der Waals surface area contributed by atoms with Crippen molar-refractivity contribution in [1.82, 2.24) is 0 Å². The minimum Gasteiger partial charge on any atom is -0.491 e. The van der Waals surface area contributed by atoms with Crippen LogP contribution in [0.1, 0.15) is 149 Å². The van der Waals surface area contributed by atoms with E-state index in [4.69, 9.17) is 9.47 Å². The third kappa shape index (κ3) is 14.6. The molecule has 6 heteroatoms. The van der Waals surface area contributed by atoms with Crippen LogP contribution in [0.2, 0.25) is 0 Å². The second-order valence-corrected chi connectivity index (χ2v) is 13.2.